The van der Waals surface area contributed by atoms with Gasteiger partial charge in [-0.3, -0.25) is 4.79 Å². The van der Waals surface area contributed by atoms with Crippen LogP contribution in [0.25, 0.3) is 10.9 Å². The smallest absolute Gasteiger partial charge is 0.228 e. The monoisotopic (exact) mass is 300 g/mol. The fraction of sp³-hybridized carbons (Fsp3) is 0.118. The number of halogens is 2. The highest BCUT2D eigenvalue weighted by atomic mass is 19.1. The van der Waals surface area contributed by atoms with E-state index in [1.807, 2.05) is 6.92 Å². The molecular formula is C17H14F2N2O. The van der Waals surface area contributed by atoms with Crippen LogP contribution in [-0.2, 0) is 11.2 Å². The van der Waals surface area contributed by atoms with Gasteiger partial charge in [-0.15, -0.1) is 0 Å². The van der Waals surface area contributed by atoms with Crippen LogP contribution >= 0.6 is 0 Å². The number of anilines is 1. The molecule has 0 atom stereocenters. The Balaban J connectivity index is 1.85. The predicted octanol–water partition coefficient (Wildman–Crippen LogP) is 3.94. The minimum Gasteiger partial charge on any atom is -0.358 e. The maximum absolute atomic E-state index is 13.4. The molecule has 0 bridgehead atoms. The van der Waals surface area contributed by atoms with Gasteiger partial charge in [-0.25, -0.2) is 8.78 Å². The van der Waals surface area contributed by atoms with Crippen molar-refractivity contribution in [3.8, 4) is 0 Å². The number of carbonyl (C=O) groups is 1. The van der Waals surface area contributed by atoms with Crippen molar-refractivity contribution in [2.75, 3.05) is 5.32 Å². The van der Waals surface area contributed by atoms with Gasteiger partial charge >= 0.3 is 0 Å². The van der Waals surface area contributed by atoms with E-state index in [0.29, 0.717) is 11.1 Å². The van der Waals surface area contributed by atoms with Gasteiger partial charge in [0.15, 0.2) is 0 Å². The SMILES string of the molecule is Cc1[nH]c2ccc(F)cc2c1CC(=O)Nc1cccc(F)c1. The Labute approximate surface area is 126 Å². The molecule has 1 heterocycles. The van der Waals surface area contributed by atoms with Gasteiger partial charge in [0.1, 0.15) is 11.6 Å². The largest absolute Gasteiger partial charge is 0.358 e. The number of amides is 1. The number of rotatable bonds is 3. The highest BCUT2D eigenvalue weighted by Crippen LogP contribution is 2.24. The number of aromatic nitrogens is 1. The van der Waals surface area contributed by atoms with E-state index in [2.05, 4.69) is 10.3 Å². The molecule has 0 aliphatic heterocycles. The lowest BCUT2D eigenvalue weighted by molar-refractivity contribution is -0.115. The Morgan fingerprint density at radius 3 is 2.68 bits per heavy atom. The molecule has 3 nitrogen and oxygen atoms in total. The molecule has 3 aromatic rings. The zero-order valence-corrected chi connectivity index (χ0v) is 11.9. The molecule has 0 aliphatic rings. The number of fused-ring (bicyclic) bond motifs is 1. The highest BCUT2D eigenvalue weighted by molar-refractivity contribution is 5.96. The van der Waals surface area contributed by atoms with Gasteiger partial charge in [0, 0.05) is 22.3 Å². The molecule has 0 radical (unpaired) electrons. The Hall–Kier alpha value is -2.69. The molecular weight excluding hydrogens is 286 g/mol. The van der Waals surface area contributed by atoms with Crippen molar-refractivity contribution in [1.29, 1.82) is 0 Å². The molecule has 0 fully saturated rings. The number of H-pyrrole nitrogens is 1. The number of hydrogen-bond donors (Lipinski definition) is 2. The molecule has 2 aromatic carbocycles. The average Bonchev–Trinajstić information content (AvgIpc) is 2.75. The van der Waals surface area contributed by atoms with Crippen LogP contribution in [0.5, 0.6) is 0 Å². The van der Waals surface area contributed by atoms with Gasteiger partial charge in [-0.1, -0.05) is 6.07 Å². The summed E-state index contributed by atoms with van der Waals surface area (Å²) >= 11 is 0. The number of benzene rings is 2. The lowest BCUT2D eigenvalue weighted by Gasteiger charge is -2.06. The van der Waals surface area contributed by atoms with E-state index < -0.39 is 5.82 Å². The van der Waals surface area contributed by atoms with Crippen molar-refractivity contribution < 1.29 is 13.6 Å². The van der Waals surface area contributed by atoms with Gasteiger partial charge in [-0.2, -0.15) is 0 Å². The standard InChI is InChI=1S/C17H14F2N2O/c1-10-14(15-8-12(19)5-6-16(15)20-10)9-17(22)21-13-4-2-3-11(18)7-13/h2-8,20H,9H2,1H3,(H,21,22). The second-order valence-electron chi connectivity index (χ2n) is 5.15. The average molecular weight is 300 g/mol. The van der Waals surface area contributed by atoms with Crippen LogP contribution in [0.3, 0.4) is 0 Å². The Bertz CT molecular complexity index is 855. The van der Waals surface area contributed by atoms with E-state index >= 15 is 0 Å². The van der Waals surface area contributed by atoms with Crippen LogP contribution in [-0.4, -0.2) is 10.9 Å². The number of nitrogens with one attached hydrogen (secondary N) is 2. The molecule has 0 aliphatic carbocycles. The second-order valence-corrected chi connectivity index (χ2v) is 5.15. The Kier molecular flexibility index (Phi) is 3.63. The van der Waals surface area contributed by atoms with Gasteiger partial charge < -0.3 is 10.3 Å². The van der Waals surface area contributed by atoms with E-state index in [9.17, 15) is 13.6 Å². The lowest BCUT2D eigenvalue weighted by atomic mass is 10.1. The van der Waals surface area contributed by atoms with E-state index in [4.69, 9.17) is 0 Å². The molecule has 22 heavy (non-hydrogen) atoms. The van der Waals surface area contributed by atoms with Crippen LogP contribution in [0.4, 0.5) is 14.5 Å². The second kappa shape index (κ2) is 5.60. The van der Waals surface area contributed by atoms with Crippen molar-refractivity contribution in [2.24, 2.45) is 0 Å². The number of carbonyl (C=O) groups excluding carboxylic acids is 1. The first-order valence-electron chi connectivity index (χ1n) is 6.85. The third-order valence-corrected chi connectivity index (χ3v) is 3.53. The fourth-order valence-corrected chi connectivity index (χ4v) is 2.51. The molecule has 0 saturated carbocycles. The van der Waals surface area contributed by atoms with Crippen molar-refractivity contribution in [3.63, 3.8) is 0 Å². The highest BCUT2D eigenvalue weighted by Gasteiger charge is 2.13. The normalized spacial score (nSPS) is 10.9. The zero-order valence-electron chi connectivity index (χ0n) is 11.9. The van der Waals surface area contributed by atoms with Crippen LogP contribution in [0.2, 0.25) is 0 Å². The van der Waals surface area contributed by atoms with Crippen LogP contribution < -0.4 is 5.32 Å². The number of hydrogen-bond acceptors (Lipinski definition) is 1. The molecule has 0 spiro atoms. The molecule has 1 aromatic heterocycles. The van der Waals surface area contributed by atoms with E-state index in [1.54, 1.807) is 12.1 Å². The van der Waals surface area contributed by atoms with Crippen molar-refractivity contribution in [3.05, 3.63) is 65.4 Å². The van der Waals surface area contributed by atoms with Gasteiger partial charge in [0.05, 0.1) is 6.42 Å². The summed E-state index contributed by atoms with van der Waals surface area (Å²) in [6, 6.07) is 10.1. The molecule has 1 amide bonds. The molecule has 3 rings (SSSR count). The first kappa shape index (κ1) is 14.3. The van der Waals surface area contributed by atoms with E-state index in [-0.39, 0.29) is 18.1 Å². The molecule has 5 heteroatoms. The Morgan fingerprint density at radius 1 is 1.14 bits per heavy atom. The minimum atomic E-state index is -0.414. The molecule has 0 saturated heterocycles. The van der Waals surface area contributed by atoms with E-state index in [1.165, 1.54) is 30.3 Å². The summed E-state index contributed by atoms with van der Waals surface area (Å²) in [5, 5.41) is 3.33. The fourth-order valence-electron chi connectivity index (χ4n) is 2.51. The summed E-state index contributed by atoms with van der Waals surface area (Å²) in [4.78, 5) is 15.3. The maximum atomic E-state index is 13.4. The summed E-state index contributed by atoms with van der Waals surface area (Å²) < 4.78 is 26.5. The number of aryl methyl sites for hydroxylation is 1. The molecule has 0 unspecified atom stereocenters. The summed E-state index contributed by atoms with van der Waals surface area (Å²) in [6.07, 6.45) is 0.0891. The van der Waals surface area contributed by atoms with Gasteiger partial charge in [-0.05, 0) is 48.9 Å². The third-order valence-electron chi connectivity index (χ3n) is 3.53. The topological polar surface area (TPSA) is 44.9 Å². The van der Waals surface area contributed by atoms with Gasteiger partial charge in [0.2, 0.25) is 5.91 Å². The summed E-state index contributed by atoms with van der Waals surface area (Å²) in [6.45, 7) is 1.84. The third kappa shape index (κ3) is 2.83. The first-order valence-corrected chi connectivity index (χ1v) is 6.85. The lowest BCUT2D eigenvalue weighted by Crippen LogP contribution is -2.14. The van der Waals surface area contributed by atoms with E-state index in [0.717, 1.165) is 16.8 Å². The maximum Gasteiger partial charge on any atom is 0.228 e. The van der Waals surface area contributed by atoms with Crippen LogP contribution in [0, 0.1) is 18.6 Å². The molecule has 112 valence electrons. The first-order chi connectivity index (χ1) is 10.5. The van der Waals surface area contributed by atoms with Crippen LogP contribution in [0.1, 0.15) is 11.3 Å². The summed E-state index contributed by atoms with van der Waals surface area (Å²) in [7, 11) is 0. The minimum absolute atomic E-state index is 0.0891. The van der Waals surface area contributed by atoms with Crippen molar-refractivity contribution in [1.82, 2.24) is 4.98 Å². The van der Waals surface area contributed by atoms with Gasteiger partial charge in [0.25, 0.3) is 0 Å². The van der Waals surface area contributed by atoms with Crippen molar-refractivity contribution in [2.45, 2.75) is 13.3 Å². The quantitative estimate of drug-likeness (QED) is 0.756. The Morgan fingerprint density at radius 2 is 1.91 bits per heavy atom. The summed E-state index contributed by atoms with van der Waals surface area (Å²) in [5.74, 6) is -1.04. The summed E-state index contributed by atoms with van der Waals surface area (Å²) in [5.41, 5.74) is 2.74. The van der Waals surface area contributed by atoms with Crippen LogP contribution in [0.15, 0.2) is 42.5 Å². The van der Waals surface area contributed by atoms with Crippen molar-refractivity contribution >= 4 is 22.5 Å². The number of aromatic amines is 1. The zero-order chi connectivity index (χ0) is 15.7. The predicted molar refractivity (Wildman–Crippen MR) is 81.7 cm³/mol. The molecule has 2 N–H and O–H groups in total.